The molecule has 5 nitrogen and oxygen atoms in total. The standard InChI is InChI=1S/C23H34N2O3/c1-15(26)18-12-19(14-22(27)13-18)23(28)25-21-9-5-17(6-10-21)11-16-3-7-20(24-2)8-4-16/h12-14,16-17,20-21,24,27H,3-11H2,1-2H3,(H,25,28). The maximum Gasteiger partial charge on any atom is 0.251 e. The van der Waals surface area contributed by atoms with Gasteiger partial charge in [0.05, 0.1) is 0 Å². The highest BCUT2D eigenvalue weighted by atomic mass is 16.3. The van der Waals surface area contributed by atoms with Gasteiger partial charge in [0.15, 0.2) is 5.78 Å². The number of rotatable bonds is 6. The van der Waals surface area contributed by atoms with Crippen molar-refractivity contribution in [1.29, 1.82) is 0 Å². The number of benzene rings is 1. The van der Waals surface area contributed by atoms with Crippen LogP contribution in [0.2, 0.25) is 0 Å². The van der Waals surface area contributed by atoms with Gasteiger partial charge in [0.1, 0.15) is 5.75 Å². The van der Waals surface area contributed by atoms with Crippen molar-refractivity contribution < 1.29 is 14.7 Å². The molecule has 0 heterocycles. The second kappa shape index (κ2) is 9.55. The predicted octanol–water partition coefficient (Wildman–Crippen LogP) is 4.05. The van der Waals surface area contributed by atoms with Crippen LogP contribution in [0.3, 0.4) is 0 Å². The average molecular weight is 387 g/mol. The minimum atomic E-state index is -0.202. The van der Waals surface area contributed by atoms with E-state index in [0.717, 1.165) is 24.7 Å². The summed E-state index contributed by atoms with van der Waals surface area (Å²) in [6.45, 7) is 1.43. The first-order valence-electron chi connectivity index (χ1n) is 10.8. The summed E-state index contributed by atoms with van der Waals surface area (Å²) in [5.41, 5.74) is 0.718. The molecule has 1 aromatic carbocycles. The maximum atomic E-state index is 12.6. The number of Topliss-reactive ketones (excluding diaryl/α,β-unsaturated/α-hetero) is 1. The fourth-order valence-corrected chi connectivity index (χ4v) is 4.91. The van der Waals surface area contributed by atoms with Crippen LogP contribution in [0, 0.1) is 11.8 Å². The van der Waals surface area contributed by atoms with Crippen LogP contribution in [-0.4, -0.2) is 35.9 Å². The topological polar surface area (TPSA) is 78.4 Å². The van der Waals surface area contributed by atoms with E-state index in [1.54, 1.807) is 6.07 Å². The second-order valence-corrected chi connectivity index (χ2v) is 8.76. The third kappa shape index (κ3) is 5.57. The fourth-order valence-electron chi connectivity index (χ4n) is 4.91. The van der Waals surface area contributed by atoms with E-state index in [4.69, 9.17) is 0 Å². The first-order valence-corrected chi connectivity index (χ1v) is 10.8. The Bertz CT molecular complexity index is 687. The number of phenols is 1. The van der Waals surface area contributed by atoms with E-state index in [2.05, 4.69) is 17.7 Å². The quantitative estimate of drug-likeness (QED) is 0.645. The van der Waals surface area contributed by atoms with Crippen LogP contribution in [0.25, 0.3) is 0 Å². The van der Waals surface area contributed by atoms with Gasteiger partial charge in [0, 0.05) is 23.2 Å². The van der Waals surface area contributed by atoms with Crippen molar-refractivity contribution in [3.05, 3.63) is 29.3 Å². The van der Waals surface area contributed by atoms with Gasteiger partial charge in [-0.15, -0.1) is 0 Å². The van der Waals surface area contributed by atoms with Gasteiger partial charge in [-0.2, -0.15) is 0 Å². The Balaban J connectivity index is 1.45. The predicted molar refractivity (Wildman–Crippen MR) is 111 cm³/mol. The number of carbonyl (C=O) groups is 2. The molecule has 28 heavy (non-hydrogen) atoms. The van der Waals surface area contributed by atoms with Gasteiger partial charge in [-0.1, -0.05) is 0 Å². The van der Waals surface area contributed by atoms with E-state index in [1.165, 1.54) is 64.0 Å². The summed E-state index contributed by atoms with van der Waals surface area (Å²) < 4.78 is 0. The lowest BCUT2D eigenvalue weighted by Crippen LogP contribution is -2.38. The molecule has 1 amide bonds. The van der Waals surface area contributed by atoms with E-state index in [1.807, 2.05) is 0 Å². The zero-order valence-electron chi connectivity index (χ0n) is 17.2. The van der Waals surface area contributed by atoms with Crippen LogP contribution < -0.4 is 10.6 Å². The molecule has 0 radical (unpaired) electrons. The van der Waals surface area contributed by atoms with Crippen molar-refractivity contribution in [1.82, 2.24) is 10.6 Å². The van der Waals surface area contributed by atoms with Crippen LogP contribution >= 0.6 is 0 Å². The van der Waals surface area contributed by atoms with Crippen molar-refractivity contribution >= 4 is 11.7 Å². The van der Waals surface area contributed by atoms with E-state index < -0.39 is 0 Å². The molecule has 154 valence electrons. The molecule has 2 aliphatic rings. The highest BCUT2D eigenvalue weighted by Gasteiger charge is 2.27. The van der Waals surface area contributed by atoms with E-state index >= 15 is 0 Å². The van der Waals surface area contributed by atoms with Crippen LogP contribution in [0.15, 0.2) is 18.2 Å². The van der Waals surface area contributed by atoms with Gasteiger partial charge in [-0.05, 0) is 102 Å². The number of amides is 1. The molecule has 2 fully saturated rings. The Labute approximate surface area is 168 Å². The fraction of sp³-hybridized carbons (Fsp3) is 0.652. The van der Waals surface area contributed by atoms with Gasteiger partial charge in [0.25, 0.3) is 5.91 Å². The van der Waals surface area contributed by atoms with E-state index in [0.29, 0.717) is 17.2 Å². The highest BCUT2D eigenvalue weighted by Crippen LogP contribution is 2.35. The highest BCUT2D eigenvalue weighted by molar-refractivity contribution is 6.00. The lowest BCUT2D eigenvalue weighted by atomic mass is 9.75. The molecule has 3 N–H and O–H groups in total. The first kappa shape index (κ1) is 20.8. The Kier molecular flexibility index (Phi) is 7.11. The Morgan fingerprint density at radius 1 is 0.893 bits per heavy atom. The summed E-state index contributed by atoms with van der Waals surface area (Å²) in [6.07, 6.45) is 11.0. The zero-order chi connectivity index (χ0) is 20.1. The first-order chi connectivity index (χ1) is 13.4. The summed E-state index contributed by atoms with van der Waals surface area (Å²) >= 11 is 0. The molecule has 0 aromatic heterocycles. The number of phenolic OH excluding ortho intramolecular Hbond substituents is 1. The van der Waals surface area contributed by atoms with Gasteiger partial charge < -0.3 is 15.7 Å². The number of hydrogen-bond donors (Lipinski definition) is 3. The molecule has 0 spiro atoms. The molecule has 1 aromatic rings. The number of hydrogen-bond acceptors (Lipinski definition) is 4. The molecule has 5 heteroatoms. The molecule has 0 unspecified atom stereocenters. The molecule has 2 saturated carbocycles. The van der Waals surface area contributed by atoms with Gasteiger partial charge in [0.2, 0.25) is 0 Å². The molecule has 2 aliphatic carbocycles. The van der Waals surface area contributed by atoms with Crippen molar-refractivity contribution in [2.45, 2.75) is 76.8 Å². The Morgan fingerprint density at radius 2 is 1.43 bits per heavy atom. The van der Waals surface area contributed by atoms with Gasteiger partial charge in [-0.25, -0.2) is 0 Å². The number of ketones is 1. The third-order valence-corrected chi connectivity index (χ3v) is 6.69. The normalized spacial score (nSPS) is 27.9. The minimum absolute atomic E-state index is 0.0467. The molecule has 0 saturated heterocycles. The third-order valence-electron chi connectivity index (χ3n) is 6.69. The second-order valence-electron chi connectivity index (χ2n) is 8.76. The number of aromatic hydroxyl groups is 1. The summed E-state index contributed by atoms with van der Waals surface area (Å²) in [5, 5.41) is 16.3. The summed E-state index contributed by atoms with van der Waals surface area (Å²) in [7, 11) is 2.07. The van der Waals surface area contributed by atoms with Crippen LogP contribution in [0.5, 0.6) is 5.75 Å². The summed E-state index contributed by atoms with van der Waals surface area (Å²) in [4.78, 5) is 24.1. The SMILES string of the molecule is CNC1CCC(CC2CCC(NC(=O)c3cc(O)cc(C(C)=O)c3)CC2)CC1. The van der Waals surface area contributed by atoms with Crippen molar-refractivity contribution in [2.75, 3.05) is 7.05 Å². The Hall–Kier alpha value is -1.88. The number of nitrogens with one attached hydrogen (secondary N) is 2. The van der Waals surface area contributed by atoms with Gasteiger partial charge in [-0.3, -0.25) is 9.59 Å². The lowest BCUT2D eigenvalue weighted by Gasteiger charge is -2.34. The summed E-state index contributed by atoms with van der Waals surface area (Å²) in [6, 6.07) is 5.28. The van der Waals surface area contributed by atoms with Crippen LogP contribution in [-0.2, 0) is 0 Å². The monoisotopic (exact) mass is 386 g/mol. The zero-order valence-corrected chi connectivity index (χ0v) is 17.2. The average Bonchev–Trinajstić information content (AvgIpc) is 2.69. The molecule has 0 atom stereocenters. The van der Waals surface area contributed by atoms with E-state index in [9.17, 15) is 14.7 Å². The number of carbonyl (C=O) groups excluding carboxylic acids is 2. The minimum Gasteiger partial charge on any atom is -0.508 e. The smallest absolute Gasteiger partial charge is 0.251 e. The molecule has 0 aliphatic heterocycles. The van der Waals surface area contributed by atoms with Crippen molar-refractivity contribution in [2.24, 2.45) is 11.8 Å². The van der Waals surface area contributed by atoms with Crippen molar-refractivity contribution in [3.63, 3.8) is 0 Å². The van der Waals surface area contributed by atoms with Gasteiger partial charge >= 0.3 is 0 Å². The molecular weight excluding hydrogens is 352 g/mol. The van der Waals surface area contributed by atoms with Crippen LogP contribution in [0.4, 0.5) is 0 Å². The lowest BCUT2D eigenvalue weighted by molar-refractivity contribution is 0.0917. The Morgan fingerprint density at radius 3 is 1.96 bits per heavy atom. The summed E-state index contributed by atoms with van der Waals surface area (Å²) in [5.74, 6) is 1.25. The maximum absolute atomic E-state index is 12.6. The molecular formula is C23H34N2O3. The molecule has 0 bridgehead atoms. The van der Waals surface area contributed by atoms with Crippen LogP contribution in [0.1, 0.15) is 85.4 Å². The van der Waals surface area contributed by atoms with Crippen molar-refractivity contribution in [3.8, 4) is 5.75 Å². The van der Waals surface area contributed by atoms with E-state index in [-0.39, 0.29) is 23.5 Å². The largest absolute Gasteiger partial charge is 0.508 e. The molecule has 3 rings (SSSR count).